The average Bonchev–Trinajstić information content (AvgIpc) is 2.84. The number of benzene rings is 2. The maximum atomic E-state index is 6.54. The van der Waals surface area contributed by atoms with Gasteiger partial charge in [-0.2, -0.15) is 0 Å². The summed E-state index contributed by atoms with van der Waals surface area (Å²) in [4.78, 5) is 0. The molecule has 2 aromatic rings. The second-order valence-corrected chi connectivity index (χ2v) is 10.3. The summed E-state index contributed by atoms with van der Waals surface area (Å²) in [6.07, 6.45) is 4.72. The molecule has 2 aromatic carbocycles. The van der Waals surface area contributed by atoms with Crippen molar-refractivity contribution in [3.8, 4) is 11.5 Å². The quantitative estimate of drug-likeness (QED) is 0.504. The first-order valence-corrected chi connectivity index (χ1v) is 13.7. The van der Waals surface area contributed by atoms with Crippen LogP contribution in [-0.2, 0) is 18.9 Å². The summed E-state index contributed by atoms with van der Waals surface area (Å²) in [5.74, 6) is 4.04. The van der Waals surface area contributed by atoms with E-state index in [1.54, 1.807) is 0 Å². The summed E-state index contributed by atoms with van der Waals surface area (Å²) in [7, 11) is 0. The van der Waals surface area contributed by atoms with Gasteiger partial charge in [0.15, 0.2) is 0 Å². The van der Waals surface area contributed by atoms with Gasteiger partial charge in [-0.3, -0.25) is 0 Å². The lowest BCUT2D eigenvalue weighted by molar-refractivity contribution is -0.00731. The summed E-state index contributed by atoms with van der Waals surface area (Å²) in [6, 6.07) is 13.6. The predicted octanol–water partition coefficient (Wildman–Crippen LogP) is 5.16. The van der Waals surface area contributed by atoms with Gasteiger partial charge in [0.25, 0.3) is 0 Å². The van der Waals surface area contributed by atoms with Crippen molar-refractivity contribution in [3.63, 3.8) is 0 Å². The van der Waals surface area contributed by atoms with E-state index in [0.717, 1.165) is 11.5 Å². The van der Waals surface area contributed by atoms with Crippen LogP contribution in [0.15, 0.2) is 36.4 Å². The Kier molecular flexibility index (Phi) is 7.75. The largest absolute Gasteiger partial charge is 0.491 e. The highest BCUT2D eigenvalue weighted by Gasteiger charge is 2.43. The van der Waals surface area contributed by atoms with E-state index in [-0.39, 0.29) is 0 Å². The van der Waals surface area contributed by atoms with Crippen LogP contribution < -0.4 is 9.47 Å². The van der Waals surface area contributed by atoms with Gasteiger partial charge in [-0.1, -0.05) is 36.4 Å². The van der Waals surface area contributed by atoms with Gasteiger partial charge >= 0.3 is 0 Å². The molecule has 0 saturated heterocycles. The molecule has 0 amide bonds. The molecule has 1 heterocycles. The van der Waals surface area contributed by atoms with Crippen LogP contribution in [0.1, 0.15) is 71.6 Å². The van der Waals surface area contributed by atoms with Gasteiger partial charge in [-0.05, 0) is 71.6 Å². The molecule has 36 heavy (non-hydrogen) atoms. The molecular formula is C30H38O6. The molecule has 6 bridgehead atoms. The van der Waals surface area contributed by atoms with Crippen molar-refractivity contribution in [1.82, 2.24) is 0 Å². The van der Waals surface area contributed by atoms with Gasteiger partial charge in [-0.15, -0.1) is 0 Å². The standard InChI is InChI=1S/C30H38O6/c1-3-25-21-7-9-23(21)27-5-2-6-28-24-10-8-22(24)26(4-1)29(25)35-19-17-33-15-13-31-11-12-32-14-16-34-18-20-36-30(27)28/h1-6,21-24H,7-20H2/t21-,22+,23+,24-. The smallest absolute Gasteiger partial charge is 0.126 e. The molecule has 0 aromatic heterocycles. The zero-order valence-electron chi connectivity index (χ0n) is 21.1. The Hall–Kier alpha value is -2.12. The van der Waals surface area contributed by atoms with Crippen molar-refractivity contribution in [2.24, 2.45) is 0 Å². The second kappa shape index (κ2) is 11.5. The van der Waals surface area contributed by atoms with Crippen molar-refractivity contribution in [1.29, 1.82) is 0 Å². The fourth-order valence-corrected chi connectivity index (χ4v) is 6.30. The van der Waals surface area contributed by atoms with Crippen LogP contribution in [0.5, 0.6) is 11.5 Å². The summed E-state index contributed by atoms with van der Waals surface area (Å²) < 4.78 is 35.9. The first-order valence-electron chi connectivity index (χ1n) is 13.7. The van der Waals surface area contributed by atoms with Crippen molar-refractivity contribution in [2.45, 2.75) is 49.4 Å². The Bertz CT molecular complexity index is 884. The van der Waals surface area contributed by atoms with Gasteiger partial charge in [0, 0.05) is 0 Å². The number of para-hydroxylation sites is 2. The first-order chi connectivity index (χ1) is 17.9. The fourth-order valence-electron chi connectivity index (χ4n) is 6.30. The number of rotatable bonds is 0. The van der Waals surface area contributed by atoms with Crippen LogP contribution in [0.3, 0.4) is 0 Å². The van der Waals surface area contributed by atoms with Crippen LogP contribution in [-0.4, -0.2) is 66.1 Å². The minimum absolute atomic E-state index is 0.453. The predicted molar refractivity (Wildman–Crippen MR) is 137 cm³/mol. The minimum atomic E-state index is 0.453. The lowest BCUT2D eigenvalue weighted by atomic mass is 9.61. The fraction of sp³-hybridized carbons (Fsp3) is 0.600. The zero-order valence-corrected chi connectivity index (χ0v) is 21.1. The highest BCUT2D eigenvalue weighted by Crippen LogP contribution is 2.60. The van der Waals surface area contributed by atoms with Gasteiger partial charge in [-0.25, -0.2) is 0 Å². The van der Waals surface area contributed by atoms with E-state index in [9.17, 15) is 0 Å². The average molecular weight is 495 g/mol. The summed E-state index contributed by atoms with van der Waals surface area (Å²) in [5.41, 5.74) is 5.45. The van der Waals surface area contributed by atoms with Gasteiger partial charge < -0.3 is 28.4 Å². The minimum Gasteiger partial charge on any atom is -0.491 e. The molecule has 0 radical (unpaired) electrons. The summed E-state index contributed by atoms with van der Waals surface area (Å²) >= 11 is 0. The number of ether oxygens (including phenoxy) is 6. The van der Waals surface area contributed by atoms with E-state index >= 15 is 0 Å². The SMILES string of the molecule is c1cc2c3c(c1)[C@@H]1CC[C@@H]1c1cccc(c1OCCOCCOCCOCCOCCO3)[C@@H]1CC[C@H]21. The van der Waals surface area contributed by atoms with Crippen LogP contribution in [0, 0.1) is 0 Å². The molecule has 2 fully saturated rings. The van der Waals surface area contributed by atoms with E-state index in [0.29, 0.717) is 89.7 Å². The van der Waals surface area contributed by atoms with E-state index in [2.05, 4.69) is 36.4 Å². The van der Waals surface area contributed by atoms with Crippen LogP contribution in [0.25, 0.3) is 0 Å². The third kappa shape index (κ3) is 4.89. The molecular weight excluding hydrogens is 456 g/mol. The Balaban J connectivity index is 1.32. The van der Waals surface area contributed by atoms with Crippen molar-refractivity contribution in [3.05, 3.63) is 58.7 Å². The topological polar surface area (TPSA) is 55.4 Å². The van der Waals surface area contributed by atoms with Crippen molar-refractivity contribution in [2.75, 3.05) is 66.1 Å². The zero-order chi connectivity index (χ0) is 24.2. The Morgan fingerprint density at radius 3 is 0.944 bits per heavy atom. The van der Waals surface area contributed by atoms with Gasteiger partial charge in [0.1, 0.15) is 24.7 Å². The maximum Gasteiger partial charge on any atom is 0.126 e. The van der Waals surface area contributed by atoms with E-state index < -0.39 is 0 Å². The van der Waals surface area contributed by atoms with Crippen LogP contribution in [0.2, 0.25) is 0 Å². The summed E-state index contributed by atoms with van der Waals surface area (Å²) in [6.45, 7) is 5.60. The van der Waals surface area contributed by atoms with Crippen molar-refractivity contribution >= 4 is 0 Å². The van der Waals surface area contributed by atoms with Gasteiger partial charge in [0.05, 0.1) is 52.9 Å². The first kappa shape index (κ1) is 24.2. The van der Waals surface area contributed by atoms with Gasteiger partial charge in [0.2, 0.25) is 0 Å². The third-order valence-corrected chi connectivity index (χ3v) is 8.36. The molecule has 0 N–H and O–H groups in total. The second-order valence-electron chi connectivity index (χ2n) is 10.3. The number of hydrogen-bond acceptors (Lipinski definition) is 6. The monoisotopic (exact) mass is 494 g/mol. The molecule has 194 valence electrons. The molecule has 1 aliphatic heterocycles. The van der Waals surface area contributed by atoms with Crippen LogP contribution >= 0.6 is 0 Å². The Morgan fingerprint density at radius 2 is 0.667 bits per heavy atom. The van der Waals surface area contributed by atoms with Crippen LogP contribution in [0.4, 0.5) is 0 Å². The van der Waals surface area contributed by atoms with Crippen molar-refractivity contribution < 1.29 is 28.4 Å². The molecule has 2 saturated carbocycles. The van der Waals surface area contributed by atoms with E-state index in [1.165, 1.54) is 47.9 Å². The highest BCUT2D eigenvalue weighted by atomic mass is 16.6. The third-order valence-electron chi connectivity index (χ3n) is 8.36. The summed E-state index contributed by atoms with van der Waals surface area (Å²) in [5, 5.41) is 0. The Labute approximate surface area is 214 Å². The van der Waals surface area contributed by atoms with E-state index in [1.807, 2.05) is 0 Å². The molecule has 4 aliphatic rings. The highest BCUT2D eigenvalue weighted by molar-refractivity contribution is 5.56. The lowest BCUT2D eigenvalue weighted by Crippen LogP contribution is -2.29. The molecule has 0 unspecified atom stereocenters. The lowest BCUT2D eigenvalue weighted by Gasteiger charge is -2.44. The molecule has 4 atom stereocenters. The van der Waals surface area contributed by atoms with E-state index in [4.69, 9.17) is 28.4 Å². The molecule has 0 spiro atoms. The molecule has 6 rings (SSSR count). The molecule has 6 nitrogen and oxygen atoms in total. The Morgan fingerprint density at radius 1 is 0.389 bits per heavy atom. The molecule has 3 aliphatic carbocycles. The normalized spacial score (nSPS) is 29.2. The number of fused-ring (bicyclic) bond motifs is 3. The maximum absolute atomic E-state index is 6.54. The molecule has 6 heteroatoms. The number of hydrogen-bond donors (Lipinski definition) is 0.